The first-order chi connectivity index (χ1) is 32.8. The first-order valence-electron chi connectivity index (χ1n) is 22.4. The standard InChI is InChI=1S/C57H44O11/c1-26-18-38-48(42(65)19-26)46(27-2-10-31(58)11-3-27)52(40-21-36(63)24-44-50(40)54(38)56(67-44)29-6-14-33(60)15-7-29)53-41-22-37(64)25-45-51(41)55(57(68-45)30-8-16-34(61)17-9-30)39-20-35(62)23-43(66)49(39)47(53)28-4-12-32(59)13-5-28/h2-25,46-47,52-66H,1H3/t46-,47-,52?,53?,54+,55+,56+,57+/m1/s1. The maximum atomic E-state index is 12.7. The van der Waals surface area contributed by atoms with Gasteiger partial charge in [0.15, 0.2) is 0 Å². The smallest absolute Gasteiger partial charge is 0.135 e. The molecule has 12 rings (SSSR count). The van der Waals surface area contributed by atoms with Gasteiger partial charge in [-0.25, -0.2) is 0 Å². The summed E-state index contributed by atoms with van der Waals surface area (Å²) in [6.07, 6.45) is -1.48. The zero-order valence-electron chi connectivity index (χ0n) is 36.3. The van der Waals surface area contributed by atoms with E-state index in [2.05, 4.69) is 0 Å². The van der Waals surface area contributed by atoms with Crippen LogP contribution in [-0.4, -0.2) is 46.0 Å². The Morgan fingerprint density at radius 3 is 1.06 bits per heavy atom. The van der Waals surface area contributed by atoms with Crippen molar-refractivity contribution in [2.45, 2.75) is 54.6 Å². The summed E-state index contributed by atoms with van der Waals surface area (Å²) in [5.74, 6) is -4.35. The fourth-order valence-electron chi connectivity index (χ4n) is 12.2. The van der Waals surface area contributed by atoms with Gasteiger partial charge in [-0.05, 0) is 130 Å². The van der Waals surface area contributed by atoms with Crippen LogP contribution in [0, 0.1) is 6.92 Å². The van der Waals surface area contributed by atoms with Crippen LogP contribution in [0.3, 0.4) is 0 Å². The minimum absolute atomic E-state index is 0.00396. The Morgan fingerprint density at radius 2 is 0.647 bits per heavy atom. The van der Waals surface area contributed by atoms with Crippen molar-refractivity contribution in [2.75, 3.05) is 0 Å². The summed E-state index contributed by atoms with van der Waals surface area (Å²) < 4.78 is 13.8. The summed E-state index contributed by atoms with van der Waals surface area (Å²) in [5, 5.41) is 103. The number of phenolic OH excluding ortho intramolecular Hbond substituents is 9. The van der Waals surface area contributed by atoms with Crippen LogP contribution in [-0.2, 0) is 0 Å². The molecule has 9 N–H and O–H groups in total. The fourth-order valence-corrected chi connectivity index (χ4v) is 12.2. The van der Waals surface area contributed by atoms with Gasteiger partial charge in [-0.15, -0.1) is 0 Å². The number of hydrogen-bond donors (Lipinski definition) is 9. The summed E-state index contributed by atoms with van der Waals surface area (Å²) in [6.45, 7) is 1.91. The van der Waals surface area contributed by atoms with Crippen LogP contribution in [0.15, 0.2) is 146 Å². The van der Waals surface area contributed by atoms with Gasteiger partial charge >= 0.3 is 0 Å². The van der Waals surface area contributed by atoms with Crippen molar-refractivity contribution in [2.24, 2.45) is 0 Å². The molecule has 0 aromatic heterocycles. The summed E-state index contributed by atoms with van der Waals surface area (Å²) in [6, 6.07) is 40.2. The lowest BCUT2D eigenvalue weighted by molar-refractivity contribution is 0.221. The first kappa shape index (κ1) is 41.0. The lowest BCUT2D eigenvalue weighted by atomic mass is 9.62. The molecule has 8 aromatic carbocycles. The Bertz CT molecular complexity index is 3110. The lowest BCUT2D eigenvalue weighted by Gasteiger charge is -2.40. The minimum atomic E-state index is -0.855. The van der Waals surface area contributed by atoms with Gasteiger partial charge < -0.3 is 55.4 Å². The molecule has 8 aromatic rings. The van der Waals surface area contributed by atoms with Crippen molar-refractivity contribution in [3.8, 4) is 63.2 Å². The summed E-state index contributed by atoms with van der Waals surface area (Å²) in [7, 11) is 0. The van der Waals surface area contributed by atoms with Crippen LogP contribution in [0.25, 0.3) is 0 Å². The average Bonchev–Trinajstić information content (AvgIpc) is 3.81. The number of ether oxygens (including phenoxy) is 2. The van der Waals surface area contributed by atoms with E-state index >= 15 is 0 Å². The SMILES string of the molecule is Cc1cc(O)c2c(c1)[C@H]1c3c(cc(O)cc3C(C3c4cc(O)cc5c4[C@H](c4cc(O)cc(O)c4[C@H]3c3ccc(O)cc3)[C@H](c3ccc(O)cc3)O5)[C@@H]2c2ccc(O)cc2)O[C@H]1c1ccc(O)cc1. The Morgan fingerprint density at radius 1 is 0.309 bits per heavy atom. The highest BCUT2D eigenvalue weighted by molar-refractivity contribution is 5.70. The Balaban J connectivity index is 1.25. The predicted molar refractivity (Wildman–Crippen MR) is 251 cm³/mol. The van der Waals surface area contributed by atoms with Gasteiger partial charge in [0.25, 0.3) is 0 Å². The van der Waals surface area contributed by atoms with Crippen molar-refractivity contribution in [3.05, 3.63) is 218 Å². The highest BCUT2D eigenvalue weighted by Crippen LogP contribution is 2.69. The number of rotatable bonds is 5. The molecule has 0 saturated carbocycles. The second-order valence-corrected chi connectivity index (χ2v) is 18.6. The van der Waals surface area contributed by atoms with Crippen LogP contribution < -0.4 is 9.47 Å². The van der Waals surface area contributed by atoms with Crippen molar-refractivity contribution >= 4 is 0 Å². The van der Waals surface area contributed by atoms with Gasteiger partial charge in [-0.1, -0.05) is 54.6 Å². The molecule has 2 heterocycles. The predicted octanol–water partition coefficient (Wildman–Crippen LogP) is 11.0. The van der Waals surface area contributed by atoms with E-state index in [1.54, 1.807) is 121 Å². The van der Waals surface area contributed by atoms with E-state index in [4.69, 9.17) is 9.47 Å². The molecule has 2 aliphatic heterocycles. The van der Waals surface area contributed by atoms with E-state index < -0.39 is 47.7 Å². The maximum absolute atomic E-state index is 12.7. The van der Waals surface area contributed by atoms with Gasteiger partial charge in [0.1, 0.15) is 75.5 Å². The molecule has 11 heteroatoms. The zero-order valence-corrected chi connectivity index (χ0v) is 36.3. The van der Waals surface area contributed by atoms with Crippen LogP contribution in [0.1, 0.15) is 120 Å². The van der Waals surface area contributed by atoms with Crippen LogP contribution in [0.2, 0.25) is 0 Å². The van der Waals surface area contributed by atoms with Crippen molar-refractivity contribution in [1.29, 1.82) is 0 Å². The molecule has 0 spiro atoms. The Kier molecular flexibility index (Phi) is 9.08. The van der Waals surface area contributed by atoms with E-state index in [9.17, 15) is 46.0 Å². The number of aromatic hydroxyl groups is 9. The van der Waals surface area contributed by atoms with E-state index in [-0.39, 0.29) is 51.7 Å². The average molecular weight is 905 g/mol. The molecule has 2 unspecified atom stereocenters. The number of aryl methyl sites for hydroxylation is 1. The van der Waals surface area contributed by atoms with Crippen LogP contribution >= 0.6 is 0 Å². The second-order valence-electron chi connectivity index (χ2n) is 18.6. The van der Waals surface area contributed by atoms with E-state index in [1.807, 2.05) is 25.1 Å². The highest BCUT2D eigenvalue weighted by atomic mass is 16.5. The van der Waals surface area contributed by atoms with Crippen molar-refractivity contribution < 1.29 is 55.4 Å². The molecule has 68 heavy (non-hydrogen) atoms. The molecular weight excluding hydrogens is 861 g/mol. The number of benzene rings is 8. The molecule has 0 saturated heterocycles. The number of fused-ring (bicyclic) bond motifs is 4. The summed E-state index contributed by atoms with van der Waals surface area (Å²) in [4.78, 5) is 0. The second kappa shape index (κ2) is 15.0. The Labute approximate surface area is 389 Å². The van der Waals surface area contributed by atoms with Crippen LogP contribution in [0.4, 0.5) is 0 Å². The number of hydrogen-bond acceptors (Lipinski definition) is 11. The highest BCUT2D eigenvalue weighted by Gasteiger charge is 2.55. The number of phenols is 9. The normalized spacial score (nSPS) is 22.7. The van der Waals surface area contributed by atoms with Crippen LogP contribution in [0.5, 0.6) is 63.2 Å². The third-order valence-electron chi connectivity index (χ3n) is 14.6. The zero-order chi connectivity index (χ0) is 46.9. The van der Waals surface area contributed by atoms with E-state index in [0.717, 1.165) is 22.3 Å². The van der Waals surface area contributed by atoms with Gasteiger partial charge in [0.05, 0.1) is 11.8 Å². The van der Waals surface area contributed by atoms with Gasteiger partial charge in [-0.2, -0.15) is 0 Å². The summed E-state index contributed by atoms with van der Waals surface area (Å²) in [5.41, 5.74) is 8.52. The molecule has 4 aliphatic rings. The fraction of sp³-hybridized carbons (Fsp3) is 0.158. The first-order valence-corrected chi connectivity index (χ1v) is 22.4. The maximum Gasteiger partial charge on any atom is 0.135 e. The molecular formula is C57H44O11. The molecule has 8 atom stereocenters. The quantitative estimate of drug-likeness (QED) is 0.0796. The topological polar surface area (TPSA) is 201 Å². The molecule has 338 valence electrons. The van der Waals surface area contributed by atoms with E-state index in [0.29, 0.717) is 61.6 Å². The van der Waals surface area contributed by atoms with Gasteiger partial charge in [-0.3, -0.25) is 0 Å². The molecule has 2 aliphatic carbocycles. The monoisotopic (exact) mass is 904 g/mol. The van der Waals surface area contributed by atoms with Crippen molar-refractivity contribution in [1.82, 2.24) is 0 Å². The Hall–Kier alpha value is -8.44. The lowest BCUT2D eigenvalue weighted by Crippen LogP contribution is -2.26. The minimum Gasteiger partial charge on any atom is -0.508 e. The largest absolute Gasteiger partial charge is 0.508 e. The van der Waals surface area contributed by atoms with Gasteiger partial charge in [0, 0.05) is 64.1 Å². The van der Waals surface area contributed by atoms with Gasteiger partial charge in [0.2, 0.25) is 0 Å². The molecule has 11 nitrogen and oxygen atoms in total. The third-order valence-corrected chi connectivity index (χ3v) is 14.6. The molecule has 0 fully saturated rings. The third kappa shape index (κ3) is 6.26. The molecule has 0 amide bonds. The molecule has 0 radical (unpaired) electrons. The molecule has 0 bridgehead atoms. The van der Waals surface area contributed by atoms with E-state index in [1.165, 1.54) is 6.07 Å². The van der Waals surface area contributed by atoms with Crippen molar-refractivity contribution in [3.63, 3.8) is 0 Å². The summed E-state index contributed by atoms with van der Waals surface area (Å²) >= 11 is 0.